The lowest BCUT2D eigenvalue weighted by Gasteiger charge is -2.42. The fourth-order valence-corrected chi connectivity index (χ4v) is 7.32. The molecule has 0 bridgehead atoms. The van der Waals surface area contributed by atoms with Crippen molar-refractivity contribution in [3.8, 4) is 0 Å². The Labute approximate surface area is 342 Å². The van der Waals surface area contributed by atoms with Crippen molar-refractivity contribution in [2.24, 2.45) is 0 Å². The topological polar surface area (TPSA) is 214 Å². The Balaban J connectivity index is 1.61. The third kappa shape index (κ3) is 21.9. The molecule has 2 saturated heterocycles. The van der Waals surface area contributed by atoms with E-state index in [0.717, 1.165) is 25.7 Å². The maximum atomic E-state index is 12.5. The van der Waals surface area contributed by atoms with E-state index in [0.29, 0.717) is 13.0 Å². The SMILES string of the molecule is CCCCCCCCCCCCCCCCCCCCCCCOCC(COC1OC(COC2OC(CO)C(O)C(O)C2O)C(O)C(O)C1O)OC(=O)CCCC. The summed E-state index contributed by atoms with van der Waals surface area (Å²) in [5, 5.41) is 71.4. The van der Waals surface area contributed by atoms with Gasteiger partial charge in [-0.05, 0) is 12.8 Å². The van der Waals surface area contributed by atoms with Crippen molar-refractivity contribution in [2.75, 3.05) is 33.0 Å². The number of carbonyl (C=O) groups excluding carboxylic acids is 1. The Morgan fingerprint density at radius 1 is 0.509 bits per heavy atom. The zero-order chi connectivity index (χ0) is 41.7. The molecule has 0 spiro atoms. The summed E-state index contributed by atoms with van der Waals surface area (Å²) < 4.78 is 33.7. The van der Waals surface area contributed by atoms with E-state index >= 15 is 0 Å². The van der Waals surface area contributed by atoms with Crippen LogP contribution in [0.3, 0.4) is 0 Å². The van der Waals surface area contributed by atoms with Gasteiger partial charge in [0.15, 0.2) is 12.6 Å². The minimum absolute atomic E-state index is 0.0642. The molecule has 2 heterocycles. The zero-order valence-corrected chi connectivity index (χ0v) is 35.3. The fraction of sp³-hybridized carbons (Fsp3) is 0.977. The second-order valence-corrected chi connectivity index (χ2v) is 16.2. The molecule has 0 amide bonds. The van der Waals surface area contributed by atoms with Crippen LogP contribution in [0.5, 0.6) is 0 Å². The highest BCUT2D eigenvalue weighted by molar-refractivity contribution is 5.69. The van der Waals surface area contributed by atoms with E-state index in [-0.39, 0.29) is 19.6 Å². The van der Waals surface area contributed by atoms with Crippen LogP contribution in [0.15, 0.2) is 0 Å². The lowest BCUT2D eigenvalue weighted by molar-refractivity contribution is -0.332. The number of hydrogen-bond donors (Lipinski definition) is 7. The summed E-state index contributed by atoms with van der Waals surface area (Å²) in [6.07, 6.45) is 13.2. The van der Waals surface area contributed by atoms with Gasteiger partial charge in [0.2, 0.25) is 0 Å². The van der Waals surface area contributed by atoms with Crippen LogP contribution in [0.1, 0.15) is 168 Å². The Kier molecular flexibility index (Phi) is 29.9. The van der Waals surface area contributed by atoms with Crippen molar-refractivity contribution < 1.29 is 69.0 Å². The first-order valence-corrected chi connectivity index (χ1v) is 22.6. The molecule has 57 heavy (non-hydrogen) atoms. The smallest absolute Gasteiger partial charge is 0.306 e. The van der Waals surface area contributed by atoms with Gasteiger partial charge < -0.3 is 64.2 Å². The molecule has 11 atom stereocenters. The van der Waals surface area contributed by atoms with Crippen molar-refractivity contribution in [3.63, 3.8) is 0 Å². The highest BCUT2D eigenvalue weighted by Crippen LogP contribution is 2.26. The van der Waals surface area contributed by atoms with E-state index in [1.165, 1.54) is 116 Å². The van der Waals surface area contributed by atoms with Gasteiger partial charge in [-0.3, -0.25) is 4.79 Å². The fourth-order valence-electron chi connectivity index (χ4n) is 7.32. The predicted octanol–water partition coefficient (Wildman–Crippen LogP) is 4.96. The van der Waals surface area contributed by atoms with Crippen molar-refractivity contribution in [3.05, 3.63) is 0 Å². The number of carbonyl (C=O) groups is 1. The standard InChI is InChI=1S/C43H82O14/c1-3-5-7-8-9-10-11-12-13-14-15-16-17-18-19-20-21-22-23-24-25-27-52-29-32(55-35(45)26-6-4-2)30-53-42-41(51)39(49)37(47)34(57-42)31-54-43-40(50)38(48)36(46)33(28-44)56-43/h32-34,36-44,46-51H,3-31H2,1-2H3. The van der Waals surface area contributed by atoms with Crippen LogP contribution in [0.4, 0.5) is 0 Å². The molecule has 0 aromatic carbocycles. The molecule has 338 valence electrons. The summed E-state index contributed by atoms with van der Waals surface area (Å²) in [6.45, 7) is 3.45. The molecule has 0 aliphatic carbocycles. The van der Waals surface area contributed by atoms with E-state index in [2.05, 4.69) is 6.92 Å². The van der Waals surface area contributed by atoms with E-state index in [1.807, 2.05) is 6.92 Å². The van der Waals surface area contributed by atoms with E-state index in [9.17, 15) is 40.5 Å². The number of ether oxygens (including phenoxy) is 6. The summed E-state index contributed by atoms with van der Waals surface area (Å²) in [4.78, 5) is 12.5. The lowest BCUT2D eigenvalue weighted by Crippen LogP contribution is -2.61. The Morgan fingerprint density at radius 2 is 0.930 bits per heavy atom. The lowest BCUT2D eigenvalue weighted by atomic mass is 9.98. The normalized spacial score (nSPS) is 28.4. The van der Waals surface area contributed by atoms with Crippen molar-refractivity contribution in [1.29, 1.82) is 0 Å². The van der Waals surface area contributed by atoms with Gasteiger partial charge >= 0.3 is 5.97 Å². The van der Waals surface area contributed by atoms with E-state index in [1.54, 1.807) is 0 Å². The largest absolute Gasteiger partial charge is 0.457 e. The second-order valence-electron chi connectivity index (χ2n) is 16.2. The van der Waals surface area contributed by atoms with Crippen LogP contribution in [0.25, 0.3) is 0 Å². The molecule has 2 aliphatic heterocycles. The highest BCUT2D eigenvalue weighted by Gasteiger charge is 2.47. The molecular formula is C43H82O14. The van der Waals surface area contributed by atoms with Crippen molar-refractivity contribution >= 4 is 5.97 Å². The molecule has 0 aromatic heterocycles. The van der Waals surface area contributed by atoms with Gasteiger partial charge in [0.25, 0.3) is 0 Å². The number of aliphatic hydroxyl groups excluding tert-OH is 7. The van der Waals surface area contributed by atoms with Crippen LogP contribution in [-0.2, 0) is 33.2 Å². The Morgan fingerprint density at radius 3 is 1.40 bits per heavy atom. The van der Waals surface area contributed by atoms with Crippen LogP contribution in [0.2, 0.25) is 0 Å². The molecule has 14 heteroatoms. The Hall–Kier alpha value is -1.01. The van der Waals surface area contributed by atoms with Gasteiger partial charge in [-0.1, -0.05) is 149 Å². The molecule has 0 aromatic rings. The van der Waals surface area contributed by atoms with E-state index in [4.69, 9.17) is 28.4 Å². The predicted molar refractivity (Wildman–Crippen MR) is 215 cm³/mol. The molecule has 14 nitrogen and oxygen atoms in total. The van der Waals surface area contributed by atoms with E-state index < -0.39 is 86.7 Å². The van der Waals surface area contributed by atoms with Crippen LogP contribution >= 0.6 is 0 Å². The quantitative estimate of drug-likeness (QED) is 0.0333. The molecule has 2 aliphatic rings. The van der Waals surface area contributed by atoms with Gasteiger partial charge in [-0.15, -0.1) is 0 Å². The first-order valence-electron chi connectivity index (χ1n) is 22.6. The maximum Gasteiger partial charge on any atom is 0.306 e. The third-order valence-electron chi connectivity index (χ3n) is 11.1. The van der Waals surface area contributed by atoms with Gasteiger partial charge in [-0.25, -0.2) is 0 Å². The molecule has 0 saturated carbocycles. The Bertz CT molecular complexity index is 959. The number of unbranched alkanes of at least 4 members (excludes halogenated alkanes) is 21. The van der Waals surface area contributed by atoms with Crippen molar-refractivity contribution in [1.82, 2.24) is 0 Å². The molecule has 2 fully saturated rings. The zero-order valence-electron chi connectivity index (χ0n) is 35.3. The monoisotopic (exact) mass is 823 g/mol. The average molecular weight is 823 g/mol. The maximum absolute atomic E-state index is 12.5. The second kappa shape index (κ2) is 32.7. The summed E-state index contributed by atoms with van der Waals surface area (Å²) >= 11 is 0. The highest BCUT2D eigenvalue weighted by atomic mass is 16.7. The first kappa shape index (κ1) is 52.1. The van der Waals surface area contributed by atoms with Gasteiger partial charge in [0.05, 0.1) is 26.4 Å². The molecular weight excluding hydrogens is 740 g/mol. The minimum atomic E-state index is -1.70. The number of rotatable bonds is 35. The van der Waals surface area contributed by atoms with Crippen LogP contribution < -0.4 is 0 Å². The molecule has 7 N–H and O–H groups in total. The van der Waals surface area contributed by atoms with Crippen LogP contribution in [0, 0.1) is 0 Å². The summed E-state index contributed by atoms with van der Waals surface area (Å²) in [6, 6.07) is 0. The van der Waals surface area contributed by atoms with Gasteiger partial charge in [0, 0.05) is 13.0 Å². The minimum Gasteiger partial charge on any atom is -0.457 e. The molecule has 0 radical (unpaired) electrons. The van der Waals surface area contributed by atoms with Gasteiger partial charge in [0.1, 0.15) is 54.9 Å². The first-order chi connectivity index (χ1) is 27.6. The van der Waals surface area contributed by atoms with Crippen molar-refractivity contribution in [2.45, 2.75) is 235 Å². The van der Waals surface area contributed by atoms with Gasteiger partial charge in [-0.2, -0.15) is 0 Å². The summed E-state index contributed by atoms with van der Waals surface area (Å²) in [5.41, 5.74) is 0. The average Bonchev–Trinajstić information content (AvgIpc) is 3.21. The number of aliphatic hydroxyl groups is 7. The molecule has 11 unspecified atom stereocenters. The van der Waals surface area contributed by atoms with Crippen LogP contribution in [-0.4, -0.2) is 142 Å². The summed E-state index contributed by atoms with van der Waals surface area (Å²) in [5.74, 6) is -0.408. The molecule has 2 rings (SSSR count). The number of esters is 1. The number of hydrogen-bond acceptors (Lipinski definition) is 14. The third-order valence-corrected chi connectivity index (χ3v) is 11.1. The summed E-state index contributed by atoms with van der Waals surface area (Å²) in [7, 11) is 0.